The summed E-state index contributed by atoms with van der Waals surface area (Å²) in [5, 5.41) is 9.18. The van der Waals surface area contributed by atoms with Crippen LogP contribution in [0.1, 0.15) is 24.8 Å². The molecule has 174 valence electrons. The molecule has 1 N–H and O–H groups in total. The van der Waals surface area contributed by atoms with Gasteiger partial charge in [0.15, 0.2) is 11.5 Å². The van der Waals surface area contributed by atoms with Gasteiger partial charge in [0.25, 0.3) is 5.91 Å². The number of carboxylic acid groups (broad SMARTS) is 1. The number of hydrogen-bond donors (Lipinski definition) is 1. The minimum absolute atomic E-state index is 0.0509. The Balaban J connectivity index is 1.58. The van der Waals surface area contributed by atoms with Crippen LogP contribution in [0.5, 0.6) is 11.5 Å². The Bertz CT molecular complexity index is 1120. The van der Waals surface area contributed by atoms with E-state index in [-0.39, 0.29) is 18.4 Å². The predicted molar refractivity (Wildman–Crippen MR) is 111 cm³/mol. The van der Waals surface area contributed by atoms with E-state index in [0.29, 0.717) is 36.6 Å². The number of methoxy groups -OCH3 is 2. The van der Waals surface area contributed by atoms with Crippen LogP contribution in [0.4, 0.5) is 5.69 Å². The first-order valence-corrected chi connectivity index (χ1v) is 11.1. The first-order valence-electron chi connectivity index (χ1n) is 11.1. The van der Waals surface area contributed by atoms with Gasteiger partial charge in [-0.25, -0.2) is 4.79 Å². The van der Waals surface area contributed by atoms with E-state index in [1.54, 1.807) is 23.0 Å². The quantitative estimate of drug-likeness (QED) is 0.630. The SMILES string of the molecule is COc1cc2c(cc1OC)[C@]13CCN4C(=O)C(=O)[C@@H](C[C@H]41)[C@@H]1[C@@H](OCC(=O)O)CC(=O)N2[C@H]13. The highest BCUT2D eigenvalue weighted by atomic mass is 16.5. The van der Waals surface area contributed by atoms with Gasteiger partial charge in [-0.1, -0.05) is 0 Å². The van der Waals surface area contributed by atoms with E-state index < -0.39 is 53.7 Å². The lowest BCUT2D eigenvalue weighted by atomic mass is 9.54. The summed E-state index contributed by atoms with van der Waals surface area (Å²) in [5.41, 5.74) is 1.04. The molecule has 4 aliphatic heterocycles. The fourth-order valence-electron chi connectivity index (χ4n) is 7.35. The number of Topliss-reactive ketones (excluding diaryl/α,β-unsaturated/α-hetero) is 1. The van der Waals surface area contributed by atoms with Crippen LogP contribution in [-0.2, 0) is 29.3 Å². The molecule has 0 unspecified atom stereocenters. The molecule has 0 aromatic heterocycles. The zero-order valence-corrected chi connectivity index (χ0v) is 18.3. The molecule has 33 heavy (non-hydrogen) atoms. The maximum atomic E-state index is 13.5. The topological polar surface area (TPSA) is 123 Å². The van der Waals surface area contributed by atoms with Crippen molar-refractivity contribution in [2.75, 3.05) is 32.3 Å². The molecule has 0 radical (unpaired) electrons. The molecule has 6 rings (SSSR count). The van der Waals surface area contributed by atoms with Gasteiger partial charge in [-0.15, -0.1) is 0 Å². The number of aliphatic carboxylic acids is 1. The van der Waals surface area contributed by atoms with Crippen molar-refractivity contribution < 1.29 is 38.5 Å². The summed E-state index contributed by atoms with van der Waals surface area (Å²) in [6.07, 6.45) is 0.279. The van der Waals surface area contributed by atoms with Crippen molar-refractivity contribution in [1.29, 1.82) is 0 Å². The van der Waals surface area contributed by atoms with Crippen molar-refractivity contribution in [2.45, 2.75) is 42.9 Å². The molecular weight excluding hydrogens is 432 g/mol. The molecule has 10 heteroatoms. The monoisotopic (exact) mass is 456 g/mol. The van der Waals surface area contributed by atoms with Crippen LogP contribution in [-0.4, -0.2) is 79.1 Å². The number of fused-ring (bicyclic) bond motifs is 4. The summed E-state index contributed by atoms with van der Waals surface area (Å²) in [7, 11) is 3.08. The fraction of sp³-hybridized carbons (Fsp3) is 0.565. The zero-order chi connectivity index (χ0) is 23.2. The van der Waals surface area contributed by atoms with E-state index in [4.69, 9.17) is 14.2 Å². The summed E-state index contributed by atoms with van der Waals surface area (Å²) in [4.78, 5) is 54.3. The normalized spacial score (nSPS) is 35.5. The minimum Gasteiger partial charge on any atom is -0.493 e. The third kappa shape index (κ3) is 2.36. The Morgan fingerprint density at radius 1 is 1.18 bits per heavy atom. The molecule has 10 nitrogen and oxygen atoms in total. The molecule has 1 aromatic rings. The van der Waals surface area contributed by atoms with E-state index in [9.17, 15) is 24.3 Å². The van der Waals surface area contributed by atoms with Crippen LogP contribution in [0.25, 0.3) is 0 Å². The van der Waals surface area contributed by atoms with Gasteiger partial charge in [0, 0.05) is 35.9 Å². The maximum Gasteiger partial charge on any atom is 0.329 e. The number of carbonyl (C=O) groups is 4. The second-order valence-electron chi connectivity index (χ2n) is 9.47. The molecule has 4 fully saturated rings. The molecule has 1 saturated carbocycles. The Kier molecular flexibility index (Phi) is 4.15. The Morgan fingerprint density at radius 3 is 2.61 bits per heavy atom. The lowest BCUT2D eigenvalue weighted by Gasteiger charge is -2.57. The molecular formula is C23H24N2O8. The number of carboxylic acids is 1. The van der Waals surface area contributed by atoms with Gasteiger partial charge >= 0.3 is 5.97 Å². The number of benzene rings is 1. The van der Waals surface area contributed by atoms with Crippen LogP contribution >= 0.6 is 0 Å². The van der Waals surface area contributed by atoms with E-state index in [2.05, 4.69) is 0 Å². The third-order valence-electron chi connectivity index (χ3n) is 8.42. The van der Waals surface area contributed by atoms with Crippen LogP contribution in [0, 0.1) is 11.8 Å². The van der Waals surface area contributed by atoms with Crippen LogP contribution in [0.2, 0.25) is 0 Å². The highest BCUT2D eigenvalue weighted by molar-refractivity contribution is 6.38. The number of carbonyl (C=O) groups excluding carboxylic acids is 3. The largest absolute Gasteiger partial charge is 0.493 e. The van der Waals surface area contributed by atoms with Gasteiger partial charge in [-0.05, 0) is 24.5 Å². The molecule has 6 atom stereocenters. The molecule has 1 aliphatic carbocycles. The minimum atomic E-state index is -1.14. The highest BCUT2D eigenvalue weighted by Gasteiger charge is 2.73. The summed E-state index contributed by atoms with van der Waals surface area (Å²) in [6, 6.07) is 3.07. The zero-order valence-electron chi connectivity index (χ0n) is 18.3. The van der Waals surface area contributed by atoms with Crippen LogP contribution in [0.15, 0.2) is 12.1 Å². The number of ketones is 1. The fourth-order valence-corrected chi connectivity index (χ4v) is 7.35. The van der Waals surface area contributed by atoms with Gasteiger partial charge in [0.2, 0.25) is 11.7 Å². The highest BCUT2D eigenvalue weighted by Crippen LogP contribution is 2.65. The number of rotatable bonds is 5. The summed E-state index contributed by atoms with van der Waals surface area (Å²) >= 11 is 0. The Hall–Kier alpha value is -3.14. The van der Waals surface area contributed by atoms with Gasteiger partial charge in [-0.2, -0.15) is 0 Å². The molecule has 2 amide bonds. The molecule has 4 heterocycles. The average molecular weight is 456 g/mol. The number of ether oxygens (including phenoxy) is 3. The van der Waals surface area contributed by atoms with Crippen LogP contribution < -0.4 is 14.4 Å². The lowest BCUT2D eigenvalue weighted by Crippen LogP contribution is -2.71. The van der Waals surface area contributed by atoms with Gasteiger partial charge in [0.05, 0.1) is 38.5 Å². The van der Waals surface area contributed by atoms with Crippen molar-refractivity contribution >= 4 is 29.3 Å². The number of nitrogens with zero attached hydrogens (tertiary/aromatic N) is 2. The summed E-state index contributed by atoms with van der Waals surface area (Å²) < 4.78 is 16.8. The van der Waals surface area contributed by atoms with Crippen LogP contribution in [0.3, 0.4) is 0 Å². The molecule has 5 aliphatic rings. The third-order valence-corrected chi connectivity index (χ3v) is 8.42. The smallest absolute Gasteiger partial charge is 0.329 e. The maximum absolute atomic E-state index is 13.5. The molecule has 3 saturated heterocycles. The molecule has 1 spiro atoms. The average Bonchev–Trinajstić information content (AvgIpc) is 3.34. The molecule has 1 aromatic carbocycles. The van der Waals surface area contributed by atoms with E-state index in [1.165, 1.54) is 7.11 Å². The predicted octanol–water partition coefficient (Wildman–Crippen LogP) is 0.350. The standard InChI is InChI=1S/C23H24N2O8/c1-31-13-6-11-12(7-14(13)32-2)25-17(26)8-15(33-9-18(27)28)19-10-5-16-23(11,21(19)25)3-4-24(16)22(30)20(10)29/h6-7,10,15-16,19,21H,3-5,8-9H2,1-2H3,(H,27,28)/t10-,15-,16-,19+,21+,23+/m0/s1. The van der Waals surface area contributed by atoms with Crippen molar-refractivity contribution in [3.63, 3.8) is 0 Å². The van der Waals surface area contributed by atoms with Gasteiger partial charge in [0.1, 0.15) is 6.61 Å². The Labute approximate surface area is 189 Å². The van der Waals surface area contributed by atoms with Crippen molar-refractivity contribution in [3.8, 4) is 11.5 Å². The van der Waals surface area contributed by atoms with E-state index in [0.717, 1.165) is 5.56 Å². The first kappa shape index (κ1) is 20.5. The summed E-state index contributed by atoms with van der Waals surface area (Å²) in [6.45, 7) is -0.130. The second-order valence-corrected chi connectivity index (χ2v) is 9.47. The molecule has 2 bridgehead atoms. The van der Waals surface area contributed by atoms with Crippen molar-refractivity contribution in [3.05, 3.63) is 17.7 Å². The number of piperidine rings is 2. The second kappa shape index (κ2) is 6.69. The van der Waals surface area contributed by atoms with Crippen molar-refractivity contribution in [2.24, 2.45) is 11.8 Å². The van der Waals surface area contributed by atoms with E-state index in [1.807, 2.05) is 6.07 Å². The van der Waals surface area contributed by atoms with Gasteiger partial charge in [-0.3, -0.25) is 14.4 Å². The summed E-state index contributed by atoms with van der Waals surface area (Å²) in [5.74, 6) is -2.33. The lowest BCUT2D eigenvalue weighted by molar-refractivity contribution is -0.166. The van der Waals surface area contributed by atoms with Gasteiger partial charge < -0.3 is 29.1 Å². The first-order chi connectivity index (χ1) is 15.8. The number of hydrogen-bond acceptors (Lipinski definition) is 7. The Morgan fingerprint density at radius 2 is 1.91 bits per heavy atom. The van der Waals surface area contributed by atoms with Crippen molar-refractivity contribution in [1.82, 2.24) is 4.90 Å². The van der Waals surface area contributed by atoms with E-state index >= 15 is 0 Å². The number of amides is 2. The number of anilines is 1.